The second kappa shape index (κ2) is 5.45. The first-order chi connectivity index (χ1) is 8.29. The molecule has 0 radical (unpaired) electrons. The van der Waals surface area contributed by atoms with Crippen LogP contribution in [-0.2, 0) is 6.54 Å². The van der Waals surface area contributed by atoms with Gasteiger partial charge in [-0.2, -0.15) is 0 Å². The Labute approximate surface area is 100 Å². The van der Waals surface area contributed by atoms with Gasteiger partial charge in [-0.1, -0.05) is 42.4 Å². The molecule has 3 N–H and O–H groups in total. The summed E-state index contributed by atoms with van der Waals surface area (Å²) in [5.74, 6) is 0.823. The molecule has 5 nitrogen and oxygen atoms in total. The summed E-state index contributed by atoms with van der Waals surface area (Å²) in [6.07, 6.45) is 0. The van der Waals surface area contributed by atoms with Crippen LogP contribution in [-0.4, -0.2) is 16.7 Å². The van der Waals surface area contributed by atoms with E-state index in [1.165, 1.54) is 5.56 Å². The van der Waals surface area contributed by atoms with E-state index < -0.39 is 0 Å². The first kappa shape index (κ1) is 11.6. The van der Waals surface area contributed by atoms with Crippen LogP contribution >= 0.6 is 0 Å². The van der Waals surface area contributed by atoms with E-state index in [0.29, 0.717) is 17.8 Å². The van der Waals surface area contributed by atoms with E-state index in [4.69, 9.17) is 10.2 Å². The van der Waals surface area contributed by atoms with Crippen LogP contribution in [0.2, 0.25) is 0 Å². The maximum absolute atomic E-state index is 5.39. The van der Waals surface area contributed by atoms with Gasteiger partial charge in [0.15, 0.2) is 0 Å². The molecule has 2 aromatic rings. The third kappa shape index (κ3) is 3.04. The first-order valence-electron chi connectivity index (χ1n) is 5.61. The van der Waals surface area contributed by atoms with E-state index in [0.717, 1.165) is 6.54 Å². The smallest absolute Gasteiger partial charge is 0.315 e. The maximum Gasteiger partial charge on any atom is 0.315 e. The summed E-state index contributed by atoms with van der Waals surface area (Å²) in [5, 5.41) is 10.7. The molecule has 17 heavy (non-hydrogen) atoms. The van der Waals surface area contributed by atoms with Crippen LogP contribution in [0.15, 0.2) is 34.7 Å². The third-order valence-electron chi connectivity index (χ3n) is 2.57. The molecule has 5 heteroatoms. The Morgan fingerprint density at radius 1 is 1.29 bits per heavy atom. The fourth-order valence-corrected chi connectivity index (χ4v) is 1.55. The van der Waals surface area contributed by atoms with Gasteiger partial charge in [-0.3, -0.25) is 0 Å². The van der Waals surface area contributed by atoms with Gasteiger partial charge in [0.2, 0.25) is 5.89 Å². The first-order valence-corrected chi connectivity index (χ1v) is 5.61. The summed E-state index contributed by atoms with van der Waals surface area (Å²) < 4.78 is 5.26. The van der Waals surface area contributed by atoms with Gasteiger partial charge in [0, 0.05) is 6.54 Å². The van der Waals surface area contributed by atoms with Crippen molar-refractivity contribution in [2.75, 3.05) is 11.9 Å². The van der Waals surface area contributed by atoms with Crippen LogP contribution in [0, 0.1) is 0 Å². The Bertz CT molecular complexity index is 455. The molecule has 0 amide bonds. The predicted molar refractivity (Wildman–Crippen MR) is 65.5 cm³/mol. The van der Waals surface area contributed by atoms with Gasteiger partial charge in [0.25, 0.3) is 0 Å². The number of anilines is 1. The van der Waals surface area contributed by atoms with Crippen molar-refractivity contribution in [1.29, 1.82) is 0 Å². The highest BCUT2D eigenvalue weighted by molar-refractivity contribution is 5.23. The molecule has 1 atom stereocenters. The zero-order chi connectivity index (χ0) is 12.1. The fraction of sp³-hybridized carbons (Fsp3) is 0.333. The third-order valence-corrected chi connectivity index (χ3v) is 2.57. The summed E-state index contributed by atoms with van der Waals surface area (Å²) in [6.45, 7) is 3.15. The lowest BCUT2D eigenvalue weighted by Gasteiger charge is -2.11. The molecule has 0 fully saturated rings. The lowest BCUT2D eigenvalue weighted by Crippen LogP contribution is -2.09. The number of hydrogen-bond acceptors (Lipinski definition) is 5. The summed E-state index contributed by atoms with van der Waals surface area (Å²) in [6, 6.07) is 10.7. The van der Waals surface area contributed by atoms with Crippen molar-refractivity contribution in [2.45, 2.75) is 19.4 Å². The van der Waals surface area contributed by atoms with Gasteiger partial charge in [0.05, 0.1) is 6.54 Å². The van der Waals surface area contributed by atoms with E-state index in [1.807, 2.05) is 18.2 Å². The van der Waals surface area contributed by atoms with Crippen molar-refractivity contribution in [3.63, 3.8) is 0 Å². The largest absolute Gasteiger partial charge is 0.407 e. The summed E-state index contributed by atoms with van der Waals surface area (Å²) in [7, 11) is 0. The van der Waals surface area contributed by atoms with Crippen molar-refractivity contribution in [2.24, 2.45) is 5.73 Å². The van der Waals surface area contributed by atoms with E-state index in [9.17, 15) is 0 Å². The highest BCUT2D eigenvalue weighted by Gasteiger charge is 2.07. The summed E-state index contributed by atoms with van der Waals surface area (Å²) >= 11 is 0. The number of rotatable bonds is 5. The molecular weight excluding hydrogens is 216 g/mol. The van der Waals surface area contributed by atoms with E-state index >= 15 is 0 Å². The number of nitrogens with two attached hydrogens (primary N) is 1. The van der Waals surface area contributed by atoms with Crippen LogP contribution in [0.1, 0.15) is 24.3 Å². The van der Waals surface area contributed by atoms with Crippen LogP contribution in [0.25, 0.3) is 0 Å². The van der Waals surface area contributed by atoms with Crippen LogP contribution < -0.4 is 11.1 Å². The van der Waals surface area contributed by atoms with Gasteiger partial charge in [0.1, 0.15) is 0 Å². The lowest BCUT2D eigenvalue weighted by molar-refractivity contribution is 0.506. The van der Waals surface area contributed by atoms with Crippen molar-refractivity contribution in [3.05, 3.63) is 41.8 Å². The average Bonchev–Trinajstić information content (AvgIpc) is 2.85. The van der Waals surface area contributed by atoms with E-state index in [2.05, 4.69) is 34.6 Å². The number of nitrogens with one attached hydrogen (secondary N) is 1. The van der Waals surface area contributed by atoms with Gasteiger partial charge >= 0.3 is 6.01 Å². The Balaban J connectivity index is 1.90. The fourth-order valence-electron chi connectivity index (χ4n) is 1.55. The molecule has 0 saturated heterocycles. The van der Waals surface area contributed by atoms with Gasteiger partial charge in [-0.15, -0.1) is 5.10 Å². The molecule has 0 aliphatic heterocycles. The van der Waals surface area contributed by atoms with Gasteiger partial charge in [-0.05, 0) is 11.5 Å². The standard InChI is InChI=1S/C12H16N4O/c1-9(10-5-3-2-4-6-10)8-14-12-16-15-11(7-13)17-12/h2-6,9H,7-8,13H2,1H3,(H,14,16). The van der Waals surface area contributed by atoms with Crippen LogP contribution in [0.3, 0.4) is 0 Å². The monoisotopic (exact) mass is 232 g/mol. The minimum absolute atomic E-state index is 0.267. The average molecular weight is 232 g/mol. The number of hydrogen-bond donors (Lipinski definition) is 2. The second-order valence-corrected chi connectivity index (χ2v) is 3.90. The normalized spacial score (nSPS) is 12.4. The maximum atomic E-state index is 5.39. The molecule has 90 valence electrons. The van der Waals surface area contributed by atoms with Crippen LogP contribution in [0.4, 0.5) is 6.01 Å². The molecule has 0 bridgehead atoms. The Morgan fingerprint density at radius 2 is 2.06 bits per heavy atom. The number of benzene rings is 1. The Hall–Kier alpha value is -1.88. The summed E-state index contributed by atoms with van der Waals surface area (Å²) in [5.41, 5.74) is 6.66. The highest BCUT2D eigenvalue weighted by atomic mass is 16.4. The topological polar surface area (TPSA) is 77.0 Å². The van der Waals surface area contributed by atoms with Crippen molar-refractivity contribution in [1.82, 2.24) is 10.2 Å². The molecule has 0 aliphatic rings. The molecule has 0 saturated carbocycles. The Morgan fingerprint density at radius 3 is 2.71 bits per heavy atom. The molecule has 0 aliphatic carbocycles. The van der Waals surface area contributed by atoms with Crippen LogP contribution in [0.5, 0.6) is 0 Å². The van der Waals surface area contributed by atoms with Gasteiger partial charge < -0.3 is 15.5 Å². The molecule has 2 rings (SSSR count). The quantitative estimate of drug-likeness (QED) is 0.821. The SMILES string of the molecule is CC(CNc1nnc(CN)o1)c1ccccc1. The Kier molecular flexibility index (Phi) is 3.72. The minimum atomic E-state index is 0.267. The van der Waals surface area contributed by atoms with Gasteiger partial charge in [-0.25, -0.2) is 0 Å². The molecule has 1 aromatic heterocycles. The molecule has 1 heterocycles. The summed E-state index contributed by atoms with van der Waals surface area (Å²) in [4.78, 5) is 0. The van der Waals surface area contributed by atoms with E-state index in [-0.39, 0.29) is 6.54 Å². The predicted octanol–water partition coefficient (Wildman–Crippen LogP) is 1.74. The second-order valence-electron chi connectivity index (χ2n) is 3.90. The molecule has 0 spiro atoms. The molecule has 1 aromatic carbocycles. The molecule has 1 unspecified atom stereocenters. The zero-order valence-corrected chi connectivity index (χ0v) is 9.76. The minimum Gasteiger partial charge on any atom is -0.407 e. The van der Waals surface area contributed by atoms with Crippen molar-refractivity contribution >= 4 is 6.01 Å². The lowest BCUT2D eigenvalue weighted by atomic mass is 10.0. The number of nitrogens with zero attached hydrogens (tertiary/aromatic N) is 2. The highest BCUT2D eigenvalue weighted by Crippen LogP contribution is 2.15. The van der Waals surface area contributed by atoms with Crippen molar-refractivity contribution < 1.29 is 4.42 Å². The molecular formula is C12H16N4O. The van der Waals surface area contributed by atoms with E-state index in [1.54, 1.807) is 0 Å². The zero-order valence-electron chi connectivity index (χ0n) is 9.76. The number of aromatic nitrogens is 2. The van der Waals surface area contributed by atoms with Crippen molar-refractivity contribution in [3.8, 4) is 0 Å².